The van der Waals surface area contributed by atoms with Gasteiger partial charge in [0, 0.05) is 5.56 Å². The number of hydrogen-bond acceptors (Lipinski definition) is 1. The van der Waals surface area contributed by atoms with Gasteiger partial charge in [0.2, 0.25) is 0 Å². The van der Waals surface area contributed by atoms with E-state index in [1.54, 1.807) is 6.08 Å². The lowest BCUT2D eigenvalue weighted by Gasteiger charge is -2.04. The summed E-state index contributed by atoms with van der Waals surface area (Å²) in [7, 11) is 0. The van der Waals surface area contributed by atoms with Crippen LogP contribution in [-0.2, 0) is 0 Å². The summed E-state index contributed by atoms with van der Waals surface area (Å²) >= 11 is 0. The maximum absolute atomic E-state index is 10.6. The Kier molecular flexibility index (Phi) is 2.44. The summed E-state index contributed by atoms with van der Waals surface area (Å²) in [5.74, 6) is 0. The van der Waals surface area contributed by atoms with E-state index < -0.39 is 0 Å². The fourth-order valence-electron chi connectivity index (χ4n) is 1.21. The van der Waals surface area contributed by atoms with Gasteiger partial charge in [0.25, 0.3) is 0 Å². The largest absolute Gasteiger partial charge is 0.298 e. The summed E-state index contributed by atoms with van der Waals surface area (Å²) in [6.07, 6.45) is 2.69. The number of carbonyl (C=O) groups is 1. The lowest BCUT2D eigenvalue weighted by molar-refractivity contribution is 0.112. The van der Waals surface area contributed by atoms with Crippen molar-refractivity contribution in [2.24, 2.45) is 0 Å². The Morgan fingerprint density at radius 3 is 2.17 bits per heavy atom. The van der Waals surface area contributed by atoms with Gasteiger partial charge in [-0.05, 0) is 36.6 Å². The lowest BCUT2D eigenvalue weighted by Crippen LogP contribution is -1.90. The first-order valence-corrected chi connectivity index (χ1v) is 3.88. The topological polar surface area (TPSA) is 17.1 Å². The van der Waals surface area contributed by atoms with E-state index in [1.807, 2.05) is 26.0 Å². The van der Waals surface area contributed by atoms with Crippen LogP contribution in [0.3, 0.4) is 0 Å². The SMILES string of the molecule is C=Cc1cc(C)c(C=O)cc1C. The summed E-state index contributed by atoms with van der Waals surface area (Å²) in [4.78, 5) is 10.6. The van der Waals surface area contributed by atoms with Crippen LogP contribution in [0.5, 0.6) is 0 Å². The van der Waals surface area contributed by atoms with Crippen molar-refractivity contribution in [3.05, 3.63) is 41.0 Å². The molecule has 0 unspecified atom stereocenters. The third kappa shape index (κ3) is 1.45. The number of hydrogen-bond donors (Lipinski definition) is 0. The van der Waals surface area contributed by atoms with E-state index in [0.29, 0.717) is 0 Å². The molecule has 0 atom stereocenters. The maximum atomic E-state index is 10.6. The second-order valence-electron chi connectivity index (χ2n) is 2.89. The molecule has 0 N–H and O–H groups in total. The zero-order valence-electron chi connectivity index (χ0n) is 7.42. The van der Waals surface area contributed by atoms with Crippen molar-refractivity contribution < 1.29 is 4.79 Å². The Bertz CT molecular complexity index is 290. The molecule has 0 aliphatic heterocycles. The van der Waals surface area contributed by atoms with Gasteiger partial charge in [-0.3, -0.25) is 4.79 Å². The summed E-state index contributed by atoms with van der Waals surface area (Å²) in [5, 5.41) is 0. The highest BCUT2D eigenvalue weighted by Crippen LogP contribution is 2.15. The number of carbonyl (C=O) groups excluding carboxylic acids is 1. The number of rotatable bonds is 2. The summed E-state index contributed by atoms with van der Waals surface area (Å²) in [5.41, 5.74) is 3.96. The first-order valence-electron chi connectivity index (χ1n) is 3.88. The zero-order chi connectivity index (χ0) is 9.14. The molecule has 0 spiro atoms. The molecule has 0 saturated heterocycles. The fraction of sp³-hybridized carbons (Fsp3) is 0.182. The van der Waals surface area contributed by atoms with Crippen molar-refractivity contribution in [3.63, 3.8) is 0 Å². The fourth-order valence-corrected chi connectivity index (χ4v) is 1.21. The van der Waals surface area contributed by atoms with Crippen molar-refractivity contribution >= 4 is 12.4 Å². The Hall–Kier alpha value is -1.37. The van der Waals surface area contributed by atoms with Crippen LogP contribution in [0.2, 0.25) is 0 Å². The van der Waals surface area contributed by atoms with Gasteiger partial charge in [-0.2, -0.15) is 0 Å². The van der Waals surface area contributed by atoms with Gasteiger partial charge in [-0.25, -0.2) is 0 Å². The Morgan fingerprint density at radius 2 is 1.67 bits per heavy atom. The molecule has 0 saturated carbocycles. The van der Waals surface area contributed by atoms with Crippen molar-refractivity contribution in [1.82, 2.24) is 0 Å². The zero-order valence-corrected chi connectivity index (χ0v) is 7.42. The van der Waals surface area contributed by atoms with Crippen LogP contribution in [-0.4, -0.2) is 6.29 Å². The summed E-state index contributed by atoms with van der Waals surface area (Å²) in [6.45, 7) is 7.60. The maximum Gasteiger partial charge on any atom is 0.150 e. The molecule has 0 bridgehead atoms. The molecule has 0 aliphatic rings. The Labute approximate surface area is 72.7 Å². The molecule has 0 fully saturated rings. The Balaban J connectivity index is 3.34. The van der Waals surface area contributed by atoms with Crippen LogP contribution < -0.4 is 0 Å². The molecular weight excluding hydrogens is 148 g/mol. The highest BCUT2D eigenvalue weighted by atomic mass is 16.1. The highest BCUT2D eigenvalue weighted by molar-refractivity contribution is 5.78. The molecule has 0 radical (unpaired) electrons. The second-order valence-corrected chi connectivity index (χ2v) is 2.89. The number of benzene rings is 1. The van der Waals surface area contributed by atoms with Gasteiger partial charge in [0.1, 0.15) is 6.29 Å². The highest BCUT2D eigenvalue weighted by Gasteiger charge is 2.00. The first-order chi connectivity index (χ1) is 5.69. The molecule has 12 heavy (non-hydrogen) atoms. The van der Waals surface area contributed by atoms with Gasteiger partial charge in [0.05, 0.1) is 0 Å². The minimum atomic E-state index is 0.762. The molecule has 0 amide bonds. The summed E-state index contributed by atoms with van der Waals surface area (Å²) < 4.78 is 0. The van der Waals surface area contributed by atoms with Crippen LogP contribution in [0.1, 0.15) is 27.0 Å². The second kappa shape index (κ2) is 3.35. The molecule has 1 rings (SSSR count). The molecule has 0 heterocycles. The number of aldehydes is 1. The average molecular weight is 160 g/mol. The first kappa shape index (κ1) is 8.72. The van der Waals surface area contributed by atoms with Crippen LogP contribution in [0.4, 0.5) is 0 Å². The molecular formula is C11H12O. The molecule has 1 nitrogen and oxygen atoms in total. The van der Waals surface area contributed by atoms with Crippen molar-refractivity contribution in [3.8, 4) is 0 Å². The van der Waals surface area contributed by atoms with E-state index in [4.69, 9.17) is 0 Å². The molecule has 1 aromatic carbocycles. The molecule has 0 aromatic heterocycles. The molecule has 1 aromatic rings. The van der Waals surface area contributed by atoms with E-state index in [2.05, 4.69) is 6.58 Å². The van der Waals surface area contributed by atoms with Gasteiger partial charge in [-0.1, -0.05) is 18.7 Å². The van der Waals surface area contributed by atoms with E-state index in [1.165, 1.54) is 0 Å². The quantitative estimate of drug-likeness (QED) is 0.608. The van der Waals surface area contributed by atoms with Crippen molar-refractivity contribution in [2.45, 2.75) is 13.8 Å². The smallest absolute Gasteiger partial charge is 0.150 e. The predicted molar refractivity (Wildman–Crippen MR) is 51.4 cm³/mol. The third-order valence-corrected chi connectivity index (χ3v) is 2.00. The summed E-state index contributed by atoms with van der Waals surface area (Å²) in [6, 6.07) is 3.87. The molecule has 1 heteroatoms. The third-order valence-electron chi connectivity index (χ3n) is 2.00. The monoisotopic (exact) mass is 160 g/mol. The average Bonchev–Trinajstić information content (AvgIpc) is 2.08. The molecule has 62 valence electrons. The Morgan fingerprint density at radius 1 is 1.17 bits per heavy atom. The van der Waals surface area contributed by atoms with Gasteiger partial charge in [0.15, 0.2) is 0 Å². The van der Waals surface area contributed by atoms with Crippen LogP contribution in [0, 0.1) is 13.8 Å². The van der Waals surface area contributed by atoms with E-state index >= 15 is 0 Å². The lowest BCUT2D eigenvalue weighted by atomic mass is 10.0. The van der Waals surface area contributed by atoms with Crippen molar-refractivity contribution in [1.29, 1.82) is 0 Å². The van der Waals surface area contributed by atoms with Gasteiger partial charge < -0.3 is 0 Å². The number of aryl methyl sites for hydroxylation is 2. The van der Waals surface area contributed by atoms with Crippen molar-refractivity contribution in [2.75, 3.05) is 0 Å². The van der Waals surface area contributed by atoms with Crippen LogP contribution in [0.15, 0.2) is 18.7 Å². The minimum absolute atomic E-state index is 0.762. The minimum Gasteiger partial charge on any atom is -0.298 e. The van der Waals surface area contributed by atoms with Crippen LogP contribution in [0.25, 0.3) is 6.08 Å². The molecule has 0 aliphatic carbocycles. The standard InChI is InChI=1S/C11H12O/c1-4-10-5-9(3)11(7-12)6-8(10)2/h4-7H,1H2,2-3H3. The predicted octanol–water partition coefficient (Wildman–Crippen LogP) is 2.76. The van der Waals surface area contributed by atoms with Crippen LogP contribution >= 0.6 is 0 Å². The van der Waals surface area contributed by atoms with E-state index in [-0.39, 0.29) is 0 Å². The van der Waals surface area contributed by atoms with E-state index in [0.717, 1.165) is 28.5 Å². The van der Waals surface area contributed by atoms with E-state index in [9.17, 15) is 4.79 Å². The van der Waals surface area contributed by atoms with Gasteiger partial charge >= 0.3 is 0 Å². The van der Waals surface area contributed by atoms with Gasteiger partial charge in [-0.15, -0.1) is 0 Å². The normalized spacial score (nSPS) is 9.50.